The molecule has 1 atom stereocenters. The molecule has 1 aliphatic rings. The van der Waals surface area contributed by atoms with E-state index in [-0.39, 0.29) is 6.04 Å². The maximum Gasteiger partial charge on any atom is 0.216 e. The molecule has 0 N–H and O–H groups in total. The summed E-state index contributed by atoms with van der Waals surface area (Å²) in [5.41, 5.74) is 1.03. The Hall–Kier alpha value is -1.51. The second-order valence-electron chi connectivity index (χ2n) is 5.28. The molecule has 1 aromatic rings. The average molecular weight is 261 g/mol. The van der Waals surface area contributed by atoms with Gasteiger partial charge in [-0.2, -0.15) is 0 Å². The lowest BCUT2D eigenvalue weighted by molar-refractivity contribution is 0.291. The van der Waals surface area contributed by atoms with Gasteiger partial charge in [0.1, 0.15) is 12.4 Å². The van der Waals surface area contributed by atoms with Crippen LogP contribution in [0.15, 0.2) is 29.3 Å². The molecule has 0 saturated carbocycles. The van der Waals surface area contributed by atoms with Crippen molar-refractivity contribution in [3.63, 3.8) is 0 Å². The number of nitrogens with zero attached hydrogens (tertiary/aromatic N) is 1. The number of hydrogen-bond donors (Lipinski definition) is 0. The van der Waals surface area contributed by atoms with E-state index in [1.165, 1.54) is 0 Å². The van der Waals surface area contributed by atoms with Crippen molar-refractivity contribution in [1.82, 2.24) is 0 Å². The van der Waals surface area contributed by atoms with E-state index < -0.39 is 0 Å². The molecule has 1 aromatic carbocycles. The van der Waals surface area contributed by atoms with Gasteiger partial charge in [0.2, 0.25) is 5.90 Å². The van der Waals surface area contributed by atoms with Gasteiger partial charge in [-0.1, -0.05) is 27.2 Å². The monoisotopic (exact) mass is 261 g/mol. The standard InChI is InChI=1S/C16H23NO2/c1-4-5-10-18-14-8-6-13(7-9-14)16-17-15(11-19-16)12(2)3/h6-9,12,15H,4-5,10-11H2,1-3H3. The molecule has 1 aliphatic heterocycles. The topological polar surface area (TPSA) is 30.8 Å². The highest BCUT2D eigenvalue weighted by atomic mass is 16.5. The first-order chi connectivity index (χ1) is 9.20. The number of hydrogen-bond acceptors (Lipinski definition) is 3. The summed E-state index contributed by atoms with van der Waals surface area (Å²) in [6.07, 6.45) is 2.24. The minimum absolute atomic E-state index is 0.287. The third-order valence-corrected chi connectivity index (χ3v) is 3.31. The van der Waals surface area contributed by atoms with Crippen LogP contribution in [0.2, 0.25) is 0 Å². The molecule has 0 aliphatic carbocycles. The van der Waals surface area contributed by atoms with Crippen molar-refractivity contribution in [2.45, 2.75) is 39.7 Å². The lowest BCUT2D eigenvalue weighted by Gasteiger charge is -2.06. The second kappa shape index (κ2) is 6.60. The Bertz CT molecular complexity index is 423. The predicted octanol–water partition coefficient (Wildman–Crippen LogP) is 3.67. The minimum Gasteiger partial charge on any atom is -0.494 e. The van der Waals surface area contributed by atoms with Crippen molar-refractivity contribution in [3.05, 3.63) is 29.8 Å². The normalized spacial score (nSPS) is 18.3. The molecule has 3 heteroatoms. The molecule has 1 unspecified atom stereocenters. The van der Waals surface area contributed by atoms with Crippen molar-refractivity contribution < 1.29 is 9.47 Å². The summed E-state index contributed by atoms with van der Waals surface area (Å²) in [5, 5.41) is 0. The molecule has 1 heterocycles. The molecular formula is C16H23NO2. The summed E-state index contributed by atoms with van der Waals surface area (Å²) >= 11 is 0. The number of aliphatic imine (C=N–C) groups is 1. The first-order valence-corrected chi connectivity index (χ1v) is 7.14. The maximum absolute atomic E-state index is 5.66. The Labute approximate surface area is 115 Å². The number of unbranched alkanes of at least 4 members (excludes halogenated alkanes) is 1. The zero-order valence-electron chi connectivity index (χ0n) is 12.1. The van der Waals surface area contributed by atoms with Crippen LogP contribution in [0.3, 0.4) is 0 Å². The fourth-order valence-corrected chi connectivity index (χ4v) is 1.92. The summed E-state index contributed by atoms with van der Waals surface area (Å²) < 4.78 is 11.3. The molecular weight excluding hydrogens is 238 g/mol. The molecule has 0 amide bonds. The van der Waals surface area contributed by atoms with Gasteiger partial charge in [-0.15, -0.1) is 0 Å². The second-order valence-corrected chi connectivity index (χ2v) is 5.28. The Morgan fingerprint density at radius 3 is 2.63 bits per heavy atom. The SMILES string of the molecule is CCCCOc1ccc(C2=NC(C(C)C)CO2)cc1. The molecule has 19 heavy (non-hydrogen) atoms. The first-order valence-electron chi connectivity index (χ1n) is 7.14. The van der Waals surface area contributed by atoms with Crippen LogP contribution in [0.5, 0.6) is 5.75 Å². The van der Waals surface area contributed by atoms with E-state index in [1.54, 1.807) is 0 Å². The fraction of sp³-hybridized carbons (Fsp3) is 0.562. The third-order valence-electron chi connectivity index (χ3n) is 3.31. The van der Waals surface area contributed by atoms with Crippen LogP contribution in [0, 0.1) is 5.92 Å². The van der Waals surface area contributed by atoms with Crippen molar-refractivity contribution in [2.75, 3.05) is 13.2 Å². The Kier molecular flexibility index (Phi) is 4.83. The first kappa shape index (κ1) is 13.9. The van der Waals surface area contributed by atoms with Gasteiger partial charge in [-0.25, -0.2) is 4.99 Å². The highest BCUT2D eigenvalue weighted by Gasteiger charge is 2.22. The highest BCUT2D eigenvalue weighted by molar-refractivity contribution is 5.95. The van der Waals surface area contributed by atoms with Gasteiger partial charge >= 0.3 is 0 Å². The van der Waals surface area contributed by atoms with E-state index in [0.29, 0.717) is 12.5 Å². The number of rotatable bonds is 6. The van der Waals surface area contributed by atoms with Crippen molar-refractivity contribution in [3.8, 4) is 5.75 Å². The predicted molar refractivity (Wildman–Crippen MR) is 78.0 cm³/mol. The Balaban J connectivity index is 1.97. The molecule has 0 spiro atoms. The summed E-state index contributed by atoms with van der Waals surface area (Å²) in [6, 6.07) is 8.29. The zero-order chi connectivity index (χ0) is 13.7. The van der Waals surface area contributed by atoms with Gasteiger partial charge in [-0.3, -0.25) is 0 Å². The summed E-state index contributed by atoms with van der Waals surface area (Å²) in [7, 11) is 0. The van der Waals surface area contributed by atoms with Crippen LogP contribution in [0.4, 0.5) is 0 Å². The Morgan fingerprint density at radius 1 is 1.32 bits per heavy atom. The van der Waals surface area contributed by atoms with Gasteiger partial charge in [0.15, 0.2) is 0 Å². The van der Waals surface area contributed by atoms with Crippen LogP contribution >= 0.6 is 0 Å². The van der Waals surface area contributed by atoms with Crippen LogP contribution in [-0.4, -0.2) is 25.2 Å². The van der Waals surface area contributed by atoms with Gasteiger partial charge in [0.05, 0.1) is 12.6 Å². The smallest absolute Gasteiger partial charge is 0.216 e. The fourth-order valence-electron chi connectivity index (χ4n) is 1.92. The molecule has 0 saturated heterocycles. The average Bonchev–Trinajstić information content (AvgIpc) is 2.90. The minimum atomic E-state index is 0.287. The van der Waals surface area contributed by atoms with Crippen LogP contribution in [0.1, 0.15) is 39.2 Å². The van der Waals surface area contributed by atoms with Crippen LogP contribution in [0.25, 0.3) is 0 Å². The molecule has 2 rings (SSSR count). The van der Waals surface area contributed by atoms with Gasteiger partial charge in [0, 0.05) is 5.56 Å². The molecule has 3 nitrogen and oxygen atoms in total. The van der Waals surface area contributed by atoms with Gasteiger partial charge < -0.3 is 9.47 Å². The van der Waals surface area contributed by atoms with E-state index in [2.05, 4.69) is 25.8 Å². The molecule has 0 radical (unpaired) electrons. The van der Waals surface area contributed by atoms with Crippen LogP contribution < -0.4 is 4.74 Å². The lowest BCUT2D eigenvalue weighted by Crippen LogP contribution is -2.13. The van der Waals surface area contributed by atoms with Crippen molar-refractivity contribution >= 4 is 5.90 Å². The van der Waals surface area contributed by atoms with E-state index >= 15 is 0 Å². The molecule has 0 fully saturated rings. The third kappa shape index (κ3) is 3.72. The number of ether oxygens (including phenoxy) is 2. The largest absolute Gasteiger partial charge is 0.494 e. The molecule has 0 bridgehead atoms. The van der Waals surface area contributed by atoms with Gasteiger partial charge in [-0.05, 0) is 36.6 Å². The van der Waals surface area contributed by atoms with Crippen molar-refractivity contribution in [2.24, 2.45) is 10.9 Å². The molecule has 0 aromatic heterocycles. The van der Waals surface area contributed by atoms with Crippen LogP contribution in [-0.2, 0) is 4.74 Å². The maximum atomic E-state index is 5.66. The molecule has 104 valence electrons. The highest BCUT2D eigenvalue weighted by Crippen LogP contribution is 2.19. The van der Waals surface area contributed by atoms with Crippen molar-refractivity contribution in [1.29, 1.82) is 0 Å². The summed E-state index contributed by atoms with van der Waals surface area (Å²) in [4.78, 5) is 4.62. The lowest BCUT2D eigenvalue weighted by atomic mass is 10.1. The van der Waals surface area contributed by atoms with E-state index in [1.807, 2.05) is 24.3 Å². The van der Waals surface area contributed by atoms with E-state index in [4.69, 9.17) is 9.47 Å². The Morgan fingerprint density at radius 2 is 2.05 bits per heavy atom. The quantitative estimate of drug-likeness (QED) is 0.732. The summed E-state index contributed by atoms with van der Waals surface area (Å²) in [6.45, 7) is 7.98. The zero-order valence-corrected chi connectivity index (χ0v) is 12.1. The summed E-state index contributed by atoms with van der Waals surface area (Å²) in [5.74, 6) is 2.20. The van der Waals surface area contributed by atoms with Gasteiger partial charge in [0.25, 0.3) is 0 Å². The van der Waals surface area contributed by atoms with E-state index in [0.717, 1.165) is 36.7 Å². The number of benzene rings is 1. The van der Waals surface area contributed by atoms with E-state index in [9.17, 15) is 0 Å².